The maximum absolute atomic E-state index is 7.94. The van der Waals surface area contributed by atoms with Crippen LogP contribution in [0.3, 0.4) is 0 Å². The summed E-state index contributed by atoms with van der Waals surface area (Å²) in [6.45, 7) is 8.32. The van der Waals surface area contributed by atoms with Crippen molar-refractivity contribution < 1.29 is 5.21 Å². The Kier molecular flexibility index (Phi) is 2.45. The van der Waals surface area contributed by atoms with Crippen LogP contribution in [-0.4, -0.2) is 26.7 Å². The Labute approximate surface area is 79.5 Å². The van der Waals surface area contributed by atoms with Crippen molar-refractivity contribution >= 4 is 11.6 Å². The van der Waals surface area contributed by atoms with Gasteiger partial charge in [-0.1, -0.05) is 5.06 Å². The molecule has 1 rings (SSSR count). The van der Waals surface area contributed by atoms with Gasteiger partial charge in [0.25, 0.3) is 0 Å². The van der Waals surface area contributed by atoms with Gasteiger partial charge in [0.2, 0.25) is 0 Å². The monoisotopic (exact) mass is 192 g/mol. The molecule has 2 nitrogen and oxygen atoms in total. The number of hydrogen-bond acceptors (Lipinski definition) is 1. The van der Waals surface area contributed by atoms with Crippen molar-refractivity contribution in [3.63, 3.8) is 0 Å². The van der Waals surface area contributed by atoms with Gasteiger partial charge in [-0.15, -0.1) is 11.6 Å². The number of hydrogen-bond donors (Lipinski definition) is 0. The molecule has 3 heteroatoms. The van der Waals surface area contributed by atoms with E-state index in [1.54, 1.807) is 5.06 Å². The molecule has 2 N–H and O–H groups in total. The number of alkyl halides is 1. The number of piperidine rings is 1. The normalized spacial score (nSPS) is 30.5. The minimum Gasteiger partial charge on any atom is -0.338 e. The summed E-state index contributed by atoms with van der Waals surface area (Å²) in [5.41, 5.74) is -0.178. The second-order valence-electron chi connectivity index (χ2n) is 4.97. The van der Waals surface area contributed by atoms with Gasteiger partial charge >= 0.3 is 0 Å². The van der Waals surface area contributed by atoms with Gasteiger partial charge in [0.15, 0.2) is 0 Å². The maximum atomic E-state index is 7.94. The fourth-order valence-corrected chi connectivity index (χ4v) is 2.91. The van der Waals surface area contributed by atoms with Crippen LogP contribution in [0.4, 0.5) is 0 Å². The molecule has 0 aromatic carbocycles. The van der Waals surface area contributed by atoms with Gasteiger partial charge in [-0.25, -0.2) is 0 Å². The highest BCUT2D eigenvalue weighted by Gasteiger charge is 2.47. The lowest BCUT2D eigenvalue weighted by molar-refractivity contribution is -0.240. The molecule has 0 bridgehead atoms. The van der Waals surface area contributed by atoms with Crippen LogP contribution in [0, 0.1) is 0 Å². The third kappa shape index (κ3) is 1.76. The van der Waals surface area contributed by atoms with E-state index in [9.17, 15) is 0 Å². The molecule has 0 spiro atoms. The summed E-state index contributed by atoms with van der Waals surface area (Å²) in [6, 6.07) is 0. The quantitative estimate of drug-likeness (QED) is 0.425. The molecule has 1 fully saturated rings. The Bertz CT molecular complexity index is 161. The van der Waals surface area contributed by atoms with Gasteiger partial charge in [-0.3, -0.25) is 0 Å². The maximum Gasteiger partial charge on any atom is 0.0849 e. The largest absolute Gasteiger partial charge is 0.338 e. The topological polar surface area (TPSA) is 26.1 Å². The molecule has 0 aromatic heterocycles. The molecular weight excluding hydrogens is 174 g/mol. The fraction of sp³-hybridized carbons (Fsp3) is 1.00. The summed E-state index contributed by atoms with van der Waals surface area (Å²) in [5, 5.41) is 9.85. The lowest BCUT2D eigenvalue weighted by Crippen LogP contribution is -2.59. The minimum absolute atomic E-state index is 0.0891. The summed E-state index contributed by atoms with van der Waals surface area (Å²) < 4.78 is 0. The van der Waals surface area contributed by atoms with E-state index in [-0.39, 0.29) is 16.5 Å². The molecule has 0 saturated carbocycles. The number of nitrogens with zero attached hydrogens (tertiary/aromatic N) is 1. The Hall–Kier alpha value is 0.210. The van der Waals surface area contributed by atoms with E-state index >= 15 is 0 Å². The van der Waals surface area contributed by atoms with E-state index in [0.29, 0.717) is 0 Å². The predicted molar refractivity (Wildman–Crippen MR) is 52.5 cm³/mol. The highest BCUT2D eigenvalue weighted by molar-refractivity contribution is 6.20. The van der Waals surface area contributed by atoms with E-state index in [0.717, 1.165) is 12.8 Å². The van der Waals surface area contributed by atoms with Gasteiger partial charge < -0.3 is 5.21 Å². The molecule has 72 valence electrons. The average Bonchev–Trinajstić information content (AvgIpc) is 1.80. The fourth-order valence-electron chi connectivity index (χ4n) is 2.16. The molecule has 1 aliphatic heterocycles. The first kappa shape index (κ1) is 10.3. The van der Waals surface area contributed by atoms with Crippen molar-refractivity contribution in [3.05, 3.63) is 0 Å². The van der Waals surface area contributed by atoms with Crippen LogP contribution >= 0.6 is 11.6 Å². The molecule has 1 saturated heterocycles. The number of halogens is 1. The predicted octanol–water partition coefficient (Wildman–Crippen LogP) is 1.89. The van der Waals surface area contributed by atoms with E-state index in [1.165, 1.54) is 0 Å². The Morgan fingerprint density at radius 2 is 1.50 bits per heavy atom. The molecule has 0 aromatic rings. The van der Waals surface area contributed by atoms with E-state index in [4.69, 9.17) is 16.8 Å². The Balaban J connectivity index is 2.84. The first-order chi connectivity index (χ1) is 5.26. The minimum atomic E-state index is -0.0891. The van der Waals surface area contributed by atoms with Gasteiger partial charge in [0.1, 0.15) is 0 Å². The average molecular weight is 193 g/mol. The van der Waals surface area contributed by atoms with Crippen LogP contribution < -0.4 is 0 Å². The van der Waals surface area contributed by atoms with Crippen molar-refractivity contribution in [2.45, 2.75) is 57.0 Å². The van der Waals surface area contributed by atoms with Gasteiger partial charge in [0.05, 0.1) is 11.1 Å². The van der Waals surface area contributed by atoms with Crippen molar-refractivity contribution in [2.24, 2.45) is 0 Å². The highest BCUT2D eigenvalue weighted by atomic mass is 35.5. The van der Waals surface area contributed by atoms with Crippen LogP contribution in [0.1, 0.15) is 40.5 Å². The molecule has 0 unspecified atom stereocenters. The molecule has 0 radical (unpaired) electrons. The third-order valence-corrected chi connectivity index (χ3v) is 2.96. The summed E-state index contributed by atoms with van der Waals surface area (Å²) in [5.74, 6) is 0. The van der Waals surface area contributed by atoms with E-state index in [1.807, 2.05) is 0 Å². The number of hydroxylamine groups is 2. The van der Waals surface area contributed by atoms with Crippen LogP contribution in [0.15, 0.2) is 0 Å². The lowest BCUT2D eigenvalue weighted by atomic mass is 9.82. The molecular formula is C9H19ClNO+. The van der Waals surface area contributed by atoms with Crippen molar-refractivity contribution in [1.82, 2.24) is 5.06 Å². The van der Waals surface area contributed by atoms with Gasteiger partial charge in [-0.05, 0) is 40.5 Å². The lowest BCUT2D eigenvalue weighted by Gasteiger charge is -2.46. The summed E-state index contributed by atoms with van der Waals surface area (Å²) in [6.07, 6.45) is 1.81. The van der Waals surface area contributed by atoms with E-state index in [2.05, 4.69) is 27.7 Å². The Morgan fingerprint density at radius 1 is 1.17 bits per heavy atom. The molecule has 1 heterocycles. The second kappa shape index (κ2) is 2.86. The third-order valence-electron chi connectivity index (χ3n) is 2.65. The van der Waals surface area contributed by atoms with Gasteiger partial charge in [0, 0.05) is 5.38 Å². The molecule has 0 atom stereocenters. The summed E-state index contributed by atoms with van der Waals surface area (Å²) >= 11 is 6.14. The summed E-state index contributed by atoms with van der Waals surface area (Å²) in [4.78, 5) is 0. The molecule has 0 amide bonds. The first-order valence-electron chi connectivity index (χ1n) is 4.41. The molecule has 0 aliphatic carbocycles. The van der Waals surface area contributed by atoms with Crippen LogP contribution in [0.2, 0.25) is 0 Å². The Morgan fingerprint density at radius 3 is 1.83 bits per heavy atom. The van der Waals surface area contributed by atoms with Gasteiger partial charge in [-0.2, -0.15) is 0 Å². The molecule has 1 aliphatic rings. The zero-order valence-corrected chi connectivity index (χ0v) is 9.07. The zero-order valence-electron chi connectivity index (χ0n) is 8.32. The van der Waals surface area contributed by atoms with Crippen molar-refractivity contribution in [3.8, 4) is 0 Å². The smallest absolute Gasteiger partial charge is 0.0849 e. The first-order valence-corrected chi connectivity index (χ1v) is 4.85. The van der Waals surface area contributed by atoms with Crippen LogP contribution in [0.25, 0.3) is 0 Å². The second-order valence-corrected chi connectivity index (χ2v) is 5.58. The zero-order chi connectivity index (χ0) is 9.57. The summed E-state index contributed by atoms with van der Waals surface area (Å²) in [7, 11) is 0. The van der Waals surface area contributed by atoms with Crippen LogP contribution in [0.5, 0.6) is 0 Å². The van der Waals surface area contributed by atoms with Crippen molar-refractivity contribution in [2.75, 3.05) is 0 Å². The highest BCUT2D eigenvalue weighted by Crippen LogP contribution is 2.38. The number of rotatable bonds is 0. The standard InChI is InChI=1S/C9H18ClNO/c1-8(2)5-7(10)6-9(3,4)11(8)12/h7,12H,5-6H2,1-4H3/p+1. The molecule has 12 heavy (non-hydrogen) atoms. The van der Waals surface area contributed by atoms with E-state index < -0.39 is 0 Å². The van der Waals surface area contributed by atoms with Crippen molar-refractivity contribution in [1.29, 1.82) is 0 Å². The SMILES string of the molecule is CC1(C)CC(Cl)CC(C)(C)N1[OH2+]. The van der Waals surface area contributed by atoms with Crippen LogP contribution in [-0.2, 0) is 0 Å².